The van der Waals surface area contributed by atoms with Crippen molar-refractivity contribution in [1.82, 2.24) is 15.0 Å². The van der Waals surface area contributed by atoms with E-state index in [1.54, 1.807) is 24.8 Å². The molecule has 0 aliphatic rings. The van der Waals surface area contributed by atoms with Gasteiger partial charge in [-0.3, -0.25) is 9.97 Å². The van der Waals surface area contributed by atoms with Gasteiger partial charge in [-0.15, -0.1) is 11.1 Å². The number of hydrogen-bond donors (Lipinski definition) is 0. The zero-order valence-corrected chi connectivity index (χ0v) is 32.0. The Balaban J connectivity index is 1.96. The molecule has 0 saturated carbocycles. The average molecular weight is 642 g/mol. The van der Waals surface area contributed by atoms with Crippen molar-refractivity contribution in [3.63, 3.8) is 0 Å². The van der Waals surface area contributed by atoms with Crippen LogP contribution in [-0.2, 0) is 0 Å². The highest BCUT2D eigenvalue weighted by Gasteiger charge is 2.42. The number of rotatable bonds is 6. The summed E-state index contributed by atoms with van der Waals surface area (Å²) < 4.78 is 0. The van der Waals surface area contributed by atoms with Gasteiger partial charge in [0.15, 0.2) is 0 Å². The molecule has 0 fully saturated rings. The molecule has 3 heterocycles. The number of nitrogens with zero attached hydrogens (tertiary/aromatic N) is 3. The summed E-state index contributed by atoms with van der Waals surface area (Å²) in [7, 11) is -3.74. The fraction of sp³-hybridized carbons (Fsp3) is 0.439. The minimum atomic E-state index is -1.87. The molecule has 0 aliphatic carbocycles. The smallest absolute Gasteiger partial charge is 0.146 e. The Morgan fingerprint density at radius 1 is 0.435 bits per heavy atom. The molecule has 0 spiro atoms. The molecule has 3 nitrogen and oxygen atoms in total. The Morgan fingerprint density at radius 2 is 0.783 bits per heavy atom. The molecule has 3 aromatic rings. The van der Waals surface area contributed by atoms with Gasteiger partial charge in [0.25, 0.3) is 0 Å². The van der Waals surface area contributed by atoms with Crippen molar-refractivity contribution >= 4 is 16.1 Å². The highest BCUT2D eigenvalue weighted by molar-refractivity contribution is 6.91. The molecule has 238 valence electrons. The number of aromatic nitrogens is 3. The highest BCUT2D eigenvalue weighted by Crippen LogP contribution is 2.41. The van der Waals surface area contributed by atoms with Gasteiger partial charge in [-0.25, -0.2) is 4.98 Å². The van der Waals surface area contributed by atoms with E-state index in [1.165, 1.54) is 0 Å². The van der Waals surface area contributed by atoms with Crippen LogP contribution in [0.5, 0.6) is 0 Å². The fourth-order valence-electron chi connectivity index (χ4n) is 7.26. The molecule has 0 aliphatic heterocycles. The van der Waals surface area contributed by atoms with Crippen LogP contribution in [0.15, 0.2) is 55.1 Å². The Labute approximate surface area is 281 Å². The van der Waals surface area contributed by atoms with E-state index < -0.39 is 16.1 Å². The third kappa shape index (κ3) is 8.28. The molecule has 0 unspecified atom stereocenters. The van der Waals surface area contributed by atoms with E-state index in [1.807, 2.05) is 30.3 Å². The van der Waals surface area contributed by atoms with Gasteiger partial charge in [0.05, 0.1) is 11.1 Å². The Hall–Kier alpha value is -3.88. The standard InChI is InChI=1S/C41H51N3Si2/c1-30(2)45(31(3)4,32(5)6)26-22-36-20-24-42-28-38(36)16-18-40-14-13-15-41(44-40)19-17-39-29-43-25-21-37(39)23-27-46(33(7)8,34(9)10)35(11)12/h13-15,20-21,24-25,28-35H,1-12H3. The summed E-state index contributed by atoms with van der Waals surface area (Å²) in [6.07, 6.45) is 7.18. The molecule has 0 bridgehead atoms. The number of hydrogen-bond acceptors (Lipinski definition) is 3. The third-order valence-corrected chi connectivity index (χ3v) is 22.2. The highest BCUT2D eigenvalue weighted by atomic mass is 28.3. The maximum atomic E-state index is 4.73. The minimum absolute atomic E-state index is 0.565. The fourth-order valence-corrected chi connectivity index (χ4v) is 17.7. The van der Waals surface area contributed by atoms with E-state index in [0.29, 0.717) is 44.6 Å². The Bertz CT molecular complexity index is 1580. The van der Waals surface area contributed by atoms with Crippen LogP contribution in [0.4, 0.5) is 0 Å². The van der Waals surface area contributed by atoms with Gasteiger partial charge in [-0.2, -0.15) is 0 Å². The third-order valence-electron chi connectivity index (χ3n) is 9.60. The van der Waals surface area contributed by atoms with Crippen LogP contribution in [0.3, 0.4) is 0 Å². The van der Waals surface area contributed by atoms with Crippen LogP contribution in [0.2, 0.25) is 33.2 Å². The summed E-state index contributed by atoms with van der Waals surface area (Å²) in [6, 6.07) is 9.69. The first-order valence-electron chi connectivity index (χ1n) is 16.7. The van der Waals surface area contributed by atoms with E-state index in [-0.39, 0.29) is 0 Å². The Morgan fingerprint density at radius 3 is 1.11 bits per heavy atom. The lowest BCUT2D eigenvalue weighted by molar-refractivity contribution is 0.838. The molecule has 0 radical (unpaired) electrons. The largest absolute Gasteiger partial charge is 0.263 e. The molecule has 0 amide bonds. The van der Waals surface area contributed by atoms with Crippen LogP contribution in [0.1, 0.15) is 117 Å². The normalized spacial score (nSPS) is 11.5. The monoisotopic (exact) mass is 641 g/mol. The molecule has 0 saturated heterocycles. The van der Waals surface area contributed by atoms with Crippen molar-refractivity contribution < 1.29 is 0 Å². The van der Waals surface area contributed by atoms with Crippen molar-refractivity contribution in [3.05, 3.63) is 88.8 Å². The van der Waals surface area contributed by atoms with Crippen LogP contribution in [0, 0.1) is 46.6 Å². The van der Waals surface area contributed by atoms with Gasteiger partial charge in [0, 0.05) is 35.9 Å². The van der Waals surface area contributed by atoms with Crippen molar-refractivity contribution in [2.75, 3.05) is 0 Å². The maximum Gasteiger partial charge on any atom is 0.146 e. The molecule has 0 aromatic carbocycles. The lowest BCUT2D eigenvalue weighted by atomic mass is 10.1. The summed E-state index contributed by atoms with van der Waals surface area (Å²) >= 11 is 0. The zero-order valence-electron chi connectivity index (χ0n) is 30.0. The lowest BCUT2D eigenvalue weighted by Crippen LogP contribution is -2.43. The second-order valence-electron chi connectivity index (χ2n) is 14.0. The minimum Gasteiger partial charge on any atom is -0.263 e. The van der Waals surface area contributed by atoms with Crippen molar-refractivity contribution in [3.8, 4) is 46.6 Å². The van der Waals surface area contributed by atoms with E-state index in [2.05, 4.69) is 140 Å². The molecular formula is C41H51N3Si2. The van der Waals surface area contributed by atoms with Crippen molar-refractivity contribution in [2.45, 2.75) is 116 Å². The summed E-state index contributed by atoms with van der Waals surface area (Å²) in [5.74, 6) is 20.1. The summed E-state index contributed by atoms with van der Waals surface area (Å²) in [6.45, 7) is 28.0. The Kier molecular flexibility index (Phi) is 12.8. The number of pyridine rings is 3. The van der Waals surface area contributed by atoms with E-state index in [0.717, 1.165) is 22.3 Å². The first-order valence-corrected chi connectivity index (χ1v) is 21.2. The average Bonchev–Trinajstić information content (AvgIpc) is 2.99. The van der Waals surface area contributed by atoms with Gasteiger partial charge in [-0.1, -0.05) is 113 Å². The first kappa shape index (κ1) is 36.6. The maximum absolute atomic E-state index is 4.73. The van der Waals surface area contributed by atoms with Crippen LogP contribution >= 0.6 is 0 Å². The van der Waals surface area contributed by atoms with E-state index in [4.69, 9.17) is 4.98 Å². The van der Waals surface area contributed by atoms with Gasteiger partial charge >= 0.3 is 0 Å². The summed E-state index contributed by atoms with van der Waals surface area (Å²) in [4.78, 5) is 13.4. The summed E-state index contributed by atoms with van der Waals surface area (Å²) in [5.41, 5.74) is 15.8. The topological polar surface area (TPSA) is 38.7 Å². The molecule has 0 atom stereocenters. The van der Waals surface area contributed by atoms with Crippen LogP contribution in [-0.4, -0.2) is 31.1 Å². The van der Waals surface area contributed by atoms with E-state index >= 15 is 0 Å². The first-order chi connectivity index (χ1) is 21.7. The molecule has 3 aromatic heterocycles. The van der Waals surface area contributed by atoms with Gasteiger partial charge in [-0.05, 0) is 69.4 Å². The molecule has 46 heavy (non-hydrogen) atoms. The molecule has 3 rings (SSSR count). The molecule has 5 heteroatoms. The lowest BCUT2D eigenvalue weighted by Gasteiger charge is -2.38. The van der Waals surface area contributed by atoms with Crippen LogP contribution in [0.25, 0.3) is 0 Å². The van der Waals surface area contributed by atoms with Crippen LogP contribution < -0.4 is 0 Å². The predicted molar refractivity (Wildman–Crippen MR) is 201 cm³/mol. The van der Waals surface area contributed by atoms with Gasteiger partial charge < -0.3 is 0 Å². The zero-order chi connectivity index (χ0) is 34.1. The summed E-state index contributed by atoms with van der Waals surface area (Å²) in [5, 5.41) is 0. The van der Waals surface area contributed by atoms with Crippen molar-refractivity contribution in [2.24, 2.45) is 0 Å². The second kappa shape index (κ2) is 16.1. The predicted octanol–water partition coefficient (Wildman–Crippen LogP) is 9.81. The van der Waals surface area contributed by atoms with Gasteiger partial charge in [0.1, 0.15) is 27.5 Å². The quantitative estimate of drug-likeness (QED) is 0.199. The SMILES string of the molecule is CC(C)[Si](C#Cc1ccncc1C#Cc1cccc(C#Cc2cnccc2C#C[Si](C(C)C)(C(C)C)C(C)C)n1)(C(C)C)C(C)C. The van der Waals surface area contributed by atoms with Crippen molar-refractivity contribution in [1.29, 1.82) is 0 Å². The van der Waals surface area contributed by atoms with Gasteiger partial charge in [0.2, 0.25) is 0 Å². The molecular weight excluding hydrogens is 591 g/mol. The molecule has 0 N–H and O–H groups in total. The second-order valence-corrected chi connectivity index (χ2v) is 25.2. The van der Waals surface area contributed by atoms with E-state index in [9.17, 15) is 0 Å².